The molecule has 0 radical (unpaired) electrons. The SMILES string of the molecule is CCCC(C(=O)O)c1ccc2ccccc2c1. The van der Waals surface area contributed by atoms with Gasteiger partial charge in [0.1, 0.15) is 0 Å². The molecule has 0 aliphatic carbocycles. The van der Waals surface area contributed by atoms with Gasteiger partial charge in [0.15, 0.2) is 0 Å². The first-order chi connectivity index (χ1) is 8.22. The number of benzene rings is 2. The predicted octanol–water partition coefficient (Wildman–Crippen LogP) is 3.81. The van der Waals surface area contributed by atoms with Gasteiger partial charge in [-0.05, 0) is 22.8 Å². The van der Waals surface area contributed by atoms with Crippen LogP contribution in [0.2, 0.25) is 0 Å². The maximum Gasteiger partial charge on any atom is 0.310 e. The molecule has 2 aromatic carbocycles. The smallest absolute Gasteiger partial charge is 0.310 e. The Morgan fingerprint density at radius 1 is 1.18 bits per heavy atom. The molecule has 0 saturated heterocycles. The molecule has 0 fully saturated rings. The summed E-state index contributed by atoms with van der Waals surface area (Å²) in [7, 11) is 0. The van der Waals surface area contributed by atoms with Crippen LogP contribution in [-0.2, 0) is 4.79 Å². The second-order valence-corrected chi connectivity index (χ2v) is 4.29. The molecule has 1 atom stereocenters. The second kappa shape index (κ2) is 5.00. The van der Waals surface area contributed by atoms with Crippen LogP contribution < -0.4 is 0 Å². The van der Waals surface area contributed by atoms with Crippen molar-refractivity contribution in [2.24, 2.45) is 0 Å². The first-order valence-electron chi connectivity index (χ1n) is 5.94. The summed E-state index contributed by atoms with van der Waals surface area (Å²) < 4.78 is 0. The first-order valence-corrected chi connectivity index (χ1v) is 5.94. The number of aliphatic carboxylic acids is 1. The van der Waals surface area contributed by atoms with Gasteiger partial charge < -0.3 is 5.11 Å². The number of hydrogen-bond donors (Lipinski definition) is 1. The lowest BCUT2D eigenvalue weighted by atomic mass is 9.93. The van der Waals surface area contributed by atoms with Gasteiger partial charge in [-0.3, -0.25) is 4.79 Å². The average molecular weight is 228 g/mol. The van der Waals surface area contributed by atoms with Crippen molar-refractivity contribution in [3.8, 4) is 0 Å². The Balaban J connectivity index is 2.43. The lowest BCUT2D eigenvalue weighted by Crippen LogP contribution is -2.11. The van der Waals surface area contributed by atoms with Crippen LogP contribution in [0.5, 0.6) is 0 Å². The van der Waals surface area contributed by atoms with Gasteiger partial charge in [0.25, 0.3) is 0 Å². The van der Waals surface area contributed by atoms with E-state index in [-0.39, 0.29) is 5.92 Å². The van der Waals surface area contributed by atoms with E-state index in [4.69, 9.17) is 0 Å². The molecule has 1 unspecified atom stereocenters. The van der Waals surface area contributed by atoms with E-state index in [2.05, 4.69) is 0 Å². The monoisotopic (exact) mass is 228 g/mol. The van der Waals surface area contributed by atoms with Gasteiger partial charge >= 0.3 is 5.97 Å². The number of carboxylic acids is 1. The zero-order valence-corrected chi connectivity index (χ0v) is 9.89. The van der Waals surface area contributed by atoms with Crippen molar-refractivity contribution in [3.63, 3.8) is 0 Å². The minimum atomic E-state index is -0.734. The molecule has 2 heteroatoms. The largest absolute Gasteiger partial charge is 0.481 e. The Morgan fingerprint density at radius 2 is 1.88 bits per heavy atom. The summed E-state index contributed by atoms with van der Waals surface area (Å²) in [6, 6.07) is 13.9. The van der Waals surface area contributed by atoms with Gasteiger partial charge in [-0.25, -0.2) is 0 Å². The Labute approximate surface area is 101 Å². The van der Waals surface area contributed by atoms with Gasteiger partial charge in [-0.1, -0.05) is 55.8 Å². The molecule has 17 heavy (non-hydrogen) atoms. The molecule has 88 valence electrons. The first kappa shape index (κ1) is 11.6. The molecule has 0 bridgehead atoms. The highest BCUT2D eigenvalue weighted by Gasteiger charge is 2.18. The summed E-state index contributed by atoms with van der Waals surface area (Å²) in [4.78, 5) is 11.2. The number of carboxylic acid groups (broad SMARTS) is 1. The Hall–Kier alpha value is -1.83. The molecule has 2 aromatic rings. The summed E-state index contributed by atoms with van der Waals surface area (Å²) in [5.41, 5.74) is 0.901. The van der Waals surface area contributed by atoms with Crippen molar-refractivity contribution in [2.45, 2.75) is 25.7 Å². The third-order valence-corrected chi connectivity index (χ3v) is 3.05. The normalized spacial score (nSPS) is 12.5. The molecule has 1 N–H and O–H groups in total. The molecule has 2 rings (SSSR count). The van der Waals surface area contributed by atoms with Crippen LogP contribution >= 0.6 is 0 Å². The molecule has 0 aliphatic heterocycles. The summed E-state index contributed by atoms with van der Waals surface area (Å²) in [5.74, 6) is -1.12. The van der Waals surface area contributed by atoms with E-state index in [0.29, 0.717) is 6.42 Å². The van der Waals surface area contributed by atoms with Crippen molar-refractivity contribution in [2.75, 3.05) is 0 Å². The van der Waals surface area contributed by atoms with Crippen molar-refractivity contribution in [1.82, 2.24) is 0 Å². The number of fused-ring (bicyclic) bond motifs is 1. The zero-order chi connectivity index (χ0) is 12.3. The minimum Gasteiger partial charge on any atom is -0.481 e. The number of carbonyl (C=O) groups is 1. The topological polar surface area (TPSA) is 37.3 Å². The van der Waals surface area contributed by atoms with Crippen LogP contribution in [0, 0.1) is 0 Å². The molecule has 0 saturated carbocycles. The fourth-order valence-corrected chi connectivity index (χ4v) is 2.15. The number of hydrogen-bond acceptors (Lipinski definition) is 1. The quantitative estimate of drug-likeness (QED) is 0.864. The van der Waals surface area contributed by atoms with E-state index in [9.17, 15) is 9.90 Å². The highest BCUT2D eigenvalue weighted by molar-refractivity contribution is 5.85. The van der Waals surface area contributed by atoms with Crippen molar-refractivity contribution >= 4 is 16.7 Å². The zero-order valence-electron chi connectivity index (χ0n) is 9.89. The molecular formula is C15H16O2. The molecule has 0 amide bonds. The fraction of sp³-hybridized carbons (Fsp3) is 0.267. The van der Waals surface area contributed by atoms with Gasteiger partial charge in [0.05, 0.1) is 5.92 Å². The Morgan fingerprint density at radius 3 is 2.53 bits per heavy atom. The lowest BCUT2D eigenvalue weighted by molar-refractivity contribution is -0.139. The fourth-order valence-electron chi connectivity index (χ4n) is 2.15. The maximum absolute atomic E-state index is 11.2. The van der Waals surface area contributed by atoms with Crippen molar-refractivity contribution in [1.29, 1.82) is 0 Å². The second-order valence-electron chi connectivity index (χ2n) is 4.29. The molecule has 0 heterocycles. The molecular weight excluding hydrogens is 212 g/mol. The van der Waals surface area contributed by atoms with Gasteiger partial charge in [-0.2, -0.15) is 0 Å². The van der Waals surface area contributed by atoms with E-state index in [1.807, 2.05) is 49.4 Å². The Kier molecular flexibility index (Phi) is 3.43. The predicted molar refractivity (Wildman–Crippen MR) is 69.2 cm³/mol. The third-order valence-electron chi connectivity index (χ3n) is 3.05. The Bertz CT molecular complexity index is 531. The minimum absolute atomic E-state index is 0.385. The van der Waals surface area contributed by atoms with Crippen molar-refractivity contribution < 1.29 is 9.90 Å². The van der Waals surface area contributed by atoms with Gasteiger partial charge in [-0.15, -0.1) is 0 Å². The van der Waals surface area contributed by atoms with E-state index in [1.54, 1.807) is 0 Å². The summed E-state index contributed by atoms with van der Waals surface area (Å²) in [6.45, 7) is 2.01. The van der Waals surface area contributed by atoms with Crippen LogP contribution in [0.1, 0.15) is 31.2 Å². The van der Waals surface area contributed by atoms with Gasteiger partial charge in [0.2, 0.25) is 0 Å². The molecule has 0 aromatic heterocycles. The van der Waals surface area contributed by atoms with Crippen molar-refractivity contribution in [3.05, 3.63) is 48.0 Å². The highest BCUT2D eigenvalue weighted by Crippen LogP contribution is 2.25. The standard InChI is InChI=1S/C15H16O2/c1-2-5-14(15(16)17)13-9-8-11-6-3-4-7-12(11)10-13/h3-4,6-10,14H,2,5H2,1H3,(H,16,17). The molecule has 0 aliphatic rings. The lowest BCUT2D eigenvalue weighted by Gasteiger charge is -2.12. The van der Waals surface area contributed by atoms with E-state index in [1.165, 1.54) is 0 Å². The summed E-state index contributed by atoms with van der Waals surface area (Å²) in [6.07, 6.45) is 1.57. The summed E-state index contributed by atoms with van der Waals surface area (Å²) in [5, 5.41) is 11.5. The van der Waals surface area contributed by atoms with E-state index < -0.39 is 5.97 Å². The van der Waals surface area contributed by atoms with Crippen LogP contribution in [0.25, 0.3) is 10.8 Å². The van der Waals surface area contributed by atoms with Crippen LogP contribution in [0.3, 0.4) is 0 Å². The summed E-state index contributed by atoms with van der Waals surface area (Å²) >= 11 is 0. The molecule has 0 spiro atoms. The average Bonchev–Trinajstić information content (AvgIpc) is 2.35. The highest BCUT2D eigenvalue weighted by atomic mass is 16.4. The van der Waals surface area contributed by atoms with Crippen LogP contribution in [0.4, 0.5) is 0 Å². The van der Waals surface area contributed by atoms with E-state index in [0.717, 1.165) is 22.8 Å². The maximum atomic E-state index is 11.2. The number of rotatable bonds is 4. The molecule has 2 nitrogen and oxygen atoms in total. The van der Waals surface area contributed by atoms with Crippen LogP contribution in [-0.4, -0.2) is 11.1 Å². The third kappa shape index (κ3) is 2.47. The van der Waals surface area contributed by atoms with E-state index >= 15 is 0 Å². The van der Waals surface area contributed by atoms with Gasteiger partial charge in [0, 0.05) is 0 Å². The van der Waals surface area contributed by atoms with Crippen LogP contribution in [0.15, 0.2) is 42.5 Å².